The van der Waals surface area contributed by atoms with E-state index in [9.17, 15) is 13.2 Å². The van der Waals surface area contributed by atoms with Gasteiger partial charge in [0.2, 0.25) is 0 Å². The van der Waals surface area contributed by atoms with Gasteiger partial charge in [-0.15, -0.1) is 0 Å². The zero-order valence-corrected chi connectivity index (χ0v) is 13.7. The summed E-state index contributed by atoms with van der Waals surface area (Å²) in [6, 6.07) is 2.99. The molecule has 0 saturated carbocycles. The topological polar surface area (TPSA) is 75.9 Å². The van der Waals surface area contributed by atoms with Crippen LogP contribution < -0.4 is 16.4 Å². The van der Waals surface area contributed by atoms with Crippen molar-refractivity contribution in [1.82, 2.24) is 9.97 Å². The first kappa shape index (κ1) is 18.1. The zero-order valence-electron chi connectivity index (χ0n) is 12.9. The molecule has 0 bridgehead atoms. The van der Waals surface area contributed by atoms with Crippen LogP contribution in [0.1, 0.15) is 25.3 Å². The molecule has 130 valence electrons. The third-order valence-corrected chi connectivity index (χ3v) is 3.58. The third kappa shape index (κ3) is 4.41. The van der Waals surface area contributed by atoms with Gasteiger partial charge in [-0.1, -0.05) is 24.9 Å². The zero-order chi connectivity index (χ0) is 17.7. The maximum Gasteiger partial charge on any atom is 0.416 e. The second kappa shape index (κ2) is 7.57. The van der Waals surface area contributed by atoms with Crippen LogP contribution in [0.15, 0.2) is 24.5 Å². The average Bonchev–Trinajstić information content (AvgIpc) is 2.52. The quantitative estimate of drug-likeness (QED) is 0.652. The Morgan fingerprint density at radius 2 is 1.92 bits per heavy atom. The Hall–Kier alpha value is -2.22. The fraction of sp³-hybridized carbons (Fsp3) is 0.333. The van der Waals surface area contributed by atoms with Gasteiger partial charge in [-0.3, -0.25) is 0 Å². The van der Waals surface area contributed by atoms with Gasteiger partial charge in [0.1, 0.15) is 12.0 Å². The van der Waals surface area contributed by atoms with Crippen molar-refractivity contribution < 1.29 is 13.2 Å². The Labute approximate surface area is 142 Å². The van der Waals surface area contributed by atoms with Gasteiger partial charge in [0.25, 0.3) is 0 Å². The first-order valence-electron chi connectivity index (χ1n) is 7.31. The summed E-state index contributed by atoms with van der Waals surface area (Å²) in [6.07, 6.45) is -1.26. The van der Waals surface area contributed by atoms with Crippen molar-refractivity contribution in [2.45, 2.75) is 25.9 Å². The van der Waals surface area contributed by atoms with Gasteiger partial charge in [0.05, 0.1) is 16.3 Å². The van der Waals surface area contributed by atoms with Crippen LogP contribution in [0.5, 0.6) is 0 Å². The van der Waals surface area contributed by atoms with E-state index in [0.29, 0.717) is 12.4 Å². The van der Waals surface area contributed by atoms with Gasteiger partial charge in [-0.05, 0) is 24.6 Å². The van der Waals surface area contributed by atoms with Gasteiger partial charge >= 0.3 is 6.18 Å². The molecule has 1 aromatic heterocycles. The van der Waals surface area contributed by atoms with Gasteiger partial charge < -0.3 is 16.4 Å². The molecule has 0 aliphatic rings. The lowest BCUT2D eigenvalue weighted by atomic mass is 10.2. The molecular formula is C15H17ClF3N5. The average molecular weight is 360 g/mol. The number of hydrogen-bond acceptors (Lipinski definition) is 5. The molecule has 9 heteroatoms. The molecule has 1 aromatic carbocycles. The Bertz CT molecular complexity index is 706. The lowest BCUT2D eigenvalue weighted by Gasteiger charge is -2.14. The molecule has 0 saturated heterocycles. The second-order valence-electron chi connectivity index (χ2n) is 5.08. The molecule has 0 spiro atoms. The van der Waals surface area contributed by atoms with Crippen molar-refractivity contribution in [3.8, 4) is 0 Å². The number of nitrogens with two attached hydrogens (primary N) is 1. The van der Waals surface area contributed by atoms with Crippen molar-refractivity contribution in [2.75, 3.05) is 22.9 Å². The van der Waals surface area contributed by atoms with E-state index in [-0.39, 0.29) is 22.2 Å². The normalized spacial score (nSPS) is 11.4. The minimum Gasteiger partial charge on any atom is -0.393 e. The van der Waals surface area contributed by atoms with E-state index in [1.54, 1.807) is 0 Å². The van der Waals surface area contributed by atoms with Crippen LogP contribution >= 0.6 is 11.6 Å². The van der Waals surface area contributed by atoms with Crippen LogP contribution in [0.4, 0.5) is 36.2 Å². The minimum absolute atomic E-state index is 0.0661. The monoisotopic (exact) mass is 359 g/mol. The lowest BCUT2D eigenvalue weighted by molar-refractivity contribution is -0.137. The van der Waals surface area contributed by atoms with Crippen molar-refractivity contribution in [2.24, 2.45) is 0 Å². The maximum atomic E-state index is 12.8. The van der Waals surface area contributed by atoms with E-state index in [1.807, 2.05) is 6.92 Å². The van der Waals surface area contributed by atoms with Crippen molar-refractivity contribution >= 4 is 34.6 Å². The van der Waals surface area contributed by atoms with E-state index in [1.165, 1.54) is 12.4 Å². The van der Waals surface area contributed by atoms with Crippen LogP contribution in [0.25, 0.3) is 0 Å². The fourth-order valence-corrected chi connectivity index (χ4v) is 2.11. The minimum atomic E-state index is -4.47. The molecule has 0 radical (unpaired) electrons. The van der Waals surface area contributed by atoms with Crippen molar-refractivity contribution in [3.05, 3.63) is 35.1 Å². The van der Waals surface area contributed by atoms with Crippen LogP contribution in [0.2, 0.25) is 5.02 Å². The molecule has 2 aromatic rings. The molecule has 2 rings (SSSR count). The number of hydrogen-bond donors (Lipinski definition) is 3. The number of anilines is 4. The largest absolute Gasteiger partial charge is 0.416 e. The molecular weight excluding hydrogens is 343 g/mol. The van der Waals surface area contributed by atoms with E-state index < -0.39 is 11.7 Å². The number of halogens is 4. The highest BCUT2D eigenvalue weighted by molar-refractivity contribution is 6.33. The van der Waals surface area contributed by atoms with Crippen LogP contribution in [-0.2, 0) is 6.18 Å². The predicted octanol–water partition coefficient (Wildman–Crippen LogP) is 4.69. The highest BCUT2D eigenvalue weighted by Crippen LogP contribution is 2.36. The number of benzene rings is 1. The molecule has 0 atom stereocenters. The molecule has 0 fully saturated rings. The summed E-state index contributed by atoms with van der Waals surface area (Å²) in [5.74, 6) is 0.606. The highest BCUT2D eigenvalue weighted by atomic mass is 35.5. The summed E-state index contributed by atoms with van der Waals surface area (Å²) in [7, 11) is 0. The standard InChI is InChI=1S/C15H17ClF3N5/c1-2-3-6-21-13-12(20)14(23-8-22-13)24-11-7-9(15(17,18)19)4-5-10(11)16/h4-5,7-8H,2-3,6,20H2,1H3,(H2,21,22,23,24). The summed E-state index contributed by atoms with van der Waals surface area (Å²) in [4.78, 5) is 8.00. The highest BCUT2D eigenvalue weighted by Gasteiger charge is 2.31. The molecule has 24 heavy (non-hydrogen) atoms. The number of aromatic nitrogens is 2. The smallest absolute Gasteiger partial charge is 0.393 e. The number of nitrogens with one attached hydrogen (secondary N) is 2. The molecule has 5 nitrogen and oxygen atoms in total. The Morgan fingerprint density at radius 1 is 1.21 bits per heavy atom. The number of nitrogen functional groups attached to an aromatic ring is 1. The van der Waals surface area contributed by atoms with Crippen LogP contribution in [0.3, 0.4) is 0 Å². The fourth-order valence-electron chi connectivity index (χ4n) is 1.94. The van der Waals surface area contributed by atoms with Crippen LogP contribution in [-0.4, -0.2) is 16.5 Å². The summed E-state index contributed by atoms with van der Waals surface area (Å²) >= 11 is 5.96. The Morgan fingerprint density at radius 3 is 2.58 bits per heavy atom. The Balaban J connectivity index is 2.26. The Kier molecular flexibility index (Phi) is 5.71. The van der Waals surface area contributed by atoms with Crippen molar-refractivity contribution in [1.29, 1.82) is 0 Å². The number of alkyl halides is 3. The van der Waals surface area contributed by atoms with E-state index in [4.69, 9.17) is 17.3 Å². The van der Waals surface area contributed by atoms with E-state index >= 15 is 0 Å². The molecule has 1 heterocycles. The van der Waals surface area contributed by atoms with Gasteiger partial charge in [0.15, 0.2) is 11.6 Å². The molecule has 0 unspecified atom stereocenters. The van der Waals surface area contributed by atoms with Crippen LogP contribution in [0, 0.1) is 0 Å². The summed E-state index contributed by atoms with van der Waals surface area (Å²) in [5, 5.41) is 5.92. The van der Waals surface area contributed by atoms with Crippen molar-refractivity contribution in [3.63, 3.8) is 0 Å². The molecule has 4 N–H and O–H groups in total. The van der Waals surface area contributed by atoms with Gasteiger partial charge in [-0.25, -0.2) is 9.97 Å². The molecule has 0 aliphatic heterocycles. The number of rotatable bonds is 6. The first-order valence-corrected chi connectivity index (χ1v) is 7.68. The van der Waals surface area contributed by atoms with E-state index in [2.05, 4.69) is 20.6 Å². The maximum absolute atomic E-state index is 12.8. The predicted molar refractivity (Wildman–Crippen MR) is 89.6 cm³/mol. The second-order valence-corrected chi connectivity index (χ2v) is 5.49. The summed E-state index contributed by atoms with van der Waals surface area (Å²) in [5.41, 5.74) is 5.43. The van der Waals surface area contributed by atoms with Gasteiger partial charge in [0, 0.05) is 6.54 Å². The number of nitrogens with zero attached hydrogens (tertiary/aromatic N) is 2. The summed E-state index contributed by atoms with van der Waals surface area (Å²) in [6.45, 7) is 2.73. The summed E-state index contributed by atoms with van der Waals surface area (Å²) < 4.78 is 38.5. The lowest BCUT2D eigenvalue weighted by Crippen LogP contribution is -2.10. The molecule has 0 amide bonds. The van der Waals surface area contributed by atoms with Gasteiger partial charge in [-0.2, -0.15) is 13.2 Å². The van der Waals surface area contributed by atoms with E-state index in [0.717, 1.165) is 25.0 Å². The third-order valence-electron chi connectivity index (χ3n) is 3.25. The SMILES string of the molecule is CCCCNc1ncnc(Nc2cc(C(F)(F)F)ccc2Cl)c1N. The number of unbranched alkanes of at least 4 members (excludes halogenated alkanes) is 1. The molecule has 0 aliphatic carbocycles. The first-order chi connectivity index (χ1) is 11.3.